The first-order valence-corrected chi connectivity index (χ1v) is 3.56. The number of hydrogen-bond acceptors (Lipinski definition) is 6. The largest absolute Gasteiger partial charge is 0.394 e. The fourth-order valence-electron chi connectivity index (χ4n) is 0.742. The molecule has 6 N–H and O–H groups in total. The highest BCUT2D eigenvalue weighted by atomic mass is 16.6. The fraction of sp³-hybridized carbons (Fsp3) is 1.00. The van der Waals surface area contributed by atoms with Crippen LogP contribution in [0.5, 0.6) is 0 Å². The number of rotatable bonds is 6. The van der Waals surface area contributed by atoms with E-state index in [2.05, 4.69) is 4.74 Å². The van der Waals surface area contributed by atoms with Gasteiger partial charge in [0.25, 0.3) is 0 Å². The van der Waals surface area contributed by atoms with Crippen LogP contribution in [0.3, 0.4) is 0 Å². The van der Waals surface area contributed by atoms with Gasteiger partial charge in [-0.15, -0.1) is 0 Å². The summed E-state index contributed by atoms with van der Waals surface area (Å²) in [5.74, 6) is 0. The van der Waals surface area contributed by atoms with Crippen LogP contribution in [0, 0.1) is 0 Å². The van der Waals surface area contributed by atoms with Gasteiger partial charge < -0.3 is 30.9 Å². The molecule has 0 rings (SSSR count). The minimum atomic E-state index is -1.29. The second-order valence-corrected chi connectivity index (χ2v) is 2.31. The molecule has 0 bridgehead atoms. The first kappa shape index (κ1) is 11.8. The lowest BCUT2D eigenvalue weighted by molar-refractivity contribution is -0.140. The summed E-state index contributed by atoms with van der Waals surface area (Å²) in [5, 5.41) is 35.1. The summed E-state index contributed by atoms with van der Waals surface area (Å²) in [7, 11) is 0. The minimum absolute atomic E-state index is 0.132. The molecule has 0 aliphatic rings. The van der Waals surface area contributed by atoms with Crippen molar-refractivity contribution in [1.29, 1.82) is 0 Å². The lowest BCUT2D eigenvalue weighted by atomic mass is 10.1. The first-order chi connectivity index (χ1) is 5.67. The van der Waals surface area contributed by atoms with Gasteiger partial charge in [-0.2, -0.15) is 0 Å². The van der Waals surface area contributed by atoms with Gasteiger partial charge >= 0.3 is 0 Å². The Balaban J connectivity index is 3.91. The molecule has 0 aliphatic carbocycles. The van der Waals surface area contributed by atoms with Gasteiger partial charge in [0.15, 0.2) is 0 Å². The van der Waals surface area contributed by atoms with Crippen LogP contribution in [-0.2, 0) is 4.74 Å². The van der Waals surface area contributed by atoms with Crippen LogP contribution in [0.2, 0.25) is 0 Å². The first-order valence-electron chi connectivity index (χ1n) is 3.56. The van der Waals surface area contributed by atoms with Crippen LogP contribution in [0.15, 0.2) is 0 Å². The molecule has 0 radical (unpaired) electrons. The molecule has 0 aromatic rings. The second-order valence-electron chi connectivity index (χ2n) is 2.31. The lowest BCUT2D eigenvalue weighted by Gasteiger charge is -2.23. The average Bonchev–Trinajstić information content (AvgIpc) is 2.11. The van der Waals surface area contributed by atoms with Crippen molar-refractivity contribution in [3.63, 3.8) is 0 Å². The molecule has 12 heavy (non-hydrogen) atoms. The SMILES string of the molecule is NCC(O)[C@@H](O)C(CO)OCO. The van der Waals surface area contributed by atoms with E-state index < -0.39 is 31.7 Å². The maximum absolute atomic E-state index is 9.18. The Morgan fingerprint density at radius 2 is 1.83 bits per heavy atom. The molecular weight excluding hydrogens is 166 g/mol. The number of ether oxygens (including phenoxy) is 1. The van der Waals surface area contributed by atoms with Gasteiger partial charge in [-0.05, 0) is 0 Å². The summed E-state index contributed by atoms with van der Waals surface area (Å²) in [6, 6.07) is 0. The quantitative estimate of drug-likeness (QED) is 0.279. The standard InChI is InChI=1S/C6H15NO5/c7-1-4(10)6(11)5(2-8)12-3-9/h4-6,8-11H,1-3,7H2/t4?,5?,6-/m1/s1. The monoisotopic (exact) mass is 181 g/mol. The Morgan fingerprint density at radius 3 is 2.17 bits per heavy atom. The van der Waals surface area contributed by atoms with Crippen LogP contribution in [0.1, 0.15) is 0 Å². The fourth-order valence-corrected chi connectivity index (χ4v) is 0.742. The topological polar surface area (TPSA) is 116 Å². The van der Waals surface area contributed by atoms with Crippen molar-refractivity contribution in [3.05, 3.63) is 0 Å². The van der Waals surface area contributed by atoms with Crippen LogP contribution in [-0.4, -0.2) is 58.7 Å². The van der Waals surface area contributed by atoms with Crippen molar-refractivity contribution >= 4 is 0 Å². The maximum atomic E-state index is 9.18. The molecule has 3 atom stereocenters. The molecule has 0 spiro atoms. The highest BCUT2D eigenvalue weighted by Gasteiger charge is 2.25. The Morgan fingerprint density at radius 1 is 1.25 bits per heavy atom. The molecule has 2 unspecified atom stereocenters. The van der Waals surface area contributed by atoms with E-state index in [0.717, 1.165) is 0 Å². The van der Waals surface area contributed by atoms with Gasteiger partial charge in [0.2, 0.25) is 0 Å². The molecule has 0 aromatic heterocycles. The van der Waals surface area contributed by atoms with E-state index in [1.807, 2.05) is 0 Å². The zero-order chi connectivity index (χ0) is 9.56. The number of aliphatic hydroxyl groups is 4. The van der Waals surface area contributed by atoms with Gasteiger partial charge in [-0.25, -0.2) is 0 Å². The van der Waals surface area contributed by atoms with E-state index in [-0.39, 0.29) is 6.54 Å². The summed E-state index contributed by atoms with van der Waals surface area (Å²) < 4.78 is 4.52. The van der Waals surface area contributed by atoms with Gasteiger partial charge in [-0.3, -0.25) is 0 Å². The predicted octanol–water partition coefficient (Wildman–Crippen LogP) is -3.01. The molecule has 74 valence electrons. The van der Waals surface area contributed by atoms with Crippen LogP contribution in [0.25, 0.3) is 0 Å². The predicted molar refractivity (Wildman–Crippen MR) is 40.1 cm³/mol. The van der Waals surface area contributed by atoms with E-state index in [1.54, 1.807) is 0 Å². The highest BCUT2D eigenvalue weighted by molar-refractivity contribution is 4.76. The van der Waals surface area contributed by atoms with E-state index in [4.69, 9.17) is 21.1 Å². The van der Waals surface area contributed by atoms with E-state index >= 15 is 0 Å². The van der Waals surface area contributed by atoms with Crippen LogP contribution >= 0.6 is 0 Å². The molecule has 0 saturated carbocycles. The Bertz CT molecular complexity index is 112. The molecule has 0 aliphatic heterocycles. The van der Waals surface area contributed by atoms with Gasteiger partial charge in [0.05, 0.1) is 12.7 Å². The molecule has 0 amide bonds. The van der Waals surface area contributed by atoms with Gasteiger partial charge in [-0.1, -0.05) is 0 Å². The molecule has 6 nitrogen and oxygen atoms in total. The van der Waals surface area contributed by atoms with Crippen molar-refractivity contribution in [2.75, 3.05) is 19.9 Å². The zero-order valence-electron chi connectivity index (χ0n) is 6.63. The molecule has 0 saturated heterocycles. The molecular formula is C6H15NO5. The normalized spacial score (nSPS) is 18.8. The molecule has 0 heterocycles. The highest BCUT2D eigenvalue weighted by Crippen LogP contribution is 2.02. The lowest BCUT2D eigenvalue weighted by Crippen LogP contribution is -2.44. The van der Waals surface area contributed by atoms with Crippen LogP contribution < -0.4 is 5.73 Å². The average molecular weight is 181 g/mol. The third-order valence-corrected chi connectivity index (χ3v) is 1.49. The van der Waals surface area contributed by atoms with Crippen molar-refractivity contribution in [1.82, 2.24) is 0 Å². The number of hydrogen-bond donors (Lipinski definition) is 5. The smallest absolute Gasteiger partial charge is 0.144 e. The third kappa shape index (κ3) is 3.44. The van der Waals surface area contributed by atoms with E-state index in [0.29, 0.717) is 0 Å². The Hall–Kier alpha value is -0.240. The summed E-state index contributed by atoms with van der Waals surface area (Å²) in [6.45, 7) is -1.25. The third-order valence-electron chi connectivity index (χ3n) is 1.49. The molecule has 0 fully saturated rings. The summed E-state index contributed by atoms with van der Waals surface area (Å²) >= 11 is 0. The summed E-state index contributed by atoms with van der Waals surface area (Å²) in [6.07, 6.45) is -3.45. The van der Waals surface area contributed by atoms with Gasteiger partial charge in [0, 0.05) is 6.54 Å². The summed E-state index contributed by atoms with van der Waals surface area (Å²) in [5.41, 5.74) is 5.05. The van der Waals surface area contributed by atoms with Crippen molar-refractivity contribution in [2.24, 2.45) is 5.73 Å². The Kier molecular flexibility index (Phi) is 6.17. The van der Waals surface area contributed by atoms with Crippen LogP contribution in [0.4, 0.5) is 0 Å². The van der Waals surface area contributed by atoms with E-state index in [9.17, 15) is 5.11 Å². The van der Waals surface area contributed by atoms with Gasteiger partial charge in [0.1, 0.15) is 19.0 Å². The number of aliphatic hydroxyl groups excluding tert-OH is 4. The van der Waals surface area contributed by atoms with Crippen molar-refractivity contribution in [3.8, 4) is 0 Å². The molecule has 0 aromatic carbocycles. The van der Waals surface area contributed by atoms with E-state index in [1.165, 1.54) is 0 Å². The number of nitrogens with two attached hydrogens (primary N) is 1. The molecule has 6 heteroatoms. The van der Waals surface area contributed by atoms with Crippen molar-refractivity contribution < 1.29 is 25.2 Å². The maximum Gasteiger partial charge on any atom is 0.144 e. The minimum Gasteiger partial charge on any atom is -0.394 e. The zero-order valence-corrected chi connectivity index (χ0v) is 6.63. The Labute approximate surface area is 70.2 Å². The second kappa shape index (κ2) is 6.30. The van der Waals surface area contributed by atoms with Crippen molar-refractivity contribution in [2.45, 2.75) is 18.3 Å². The summed E-state index contributed by atoms with van der Waals surface area (Å²) in [4.78, 5) is 0.